The van der Waals surface area contributed by atoms with Crippen molar-refractivity contribution in [3.05, 3.63) is 59.7 Å². The van der Waals surface area contributed by atoms with Gasteiger partial charge in [0.15, 0.2) is 0 Å². The molecule has 1 amide bonds. The van der Waals surface area contributed by atoms with E-state index in [0.29, 0.717) is 29.2 Å². The lowest BCUT2D eigenvalue weighted by Gasteiger charge is -2.19. The Morgan fingerprint density at radius 3 is 2.44 bits per heavy atom. The first-order valence-corrected chi connectivity index (χ1v) is 8.43. The summed E-state index contributed by atoms with van der Waals surface area (Å²) in [7, 11) is 0. The summed E-state index contributed by atoms with van der Waals surface area (Å²) in [6, 6.07) is 16.0. The van der Waals surface area contributed by atoms with Crippen molar-refractivity contribution in [1.82, 2.24) is 4.90 Å². The SMILES string of the molecule is CCN(CC)CCOc1ccccc1NC(=O)c1ccc(C#N)cc1. The molecule has 0 fully saturated rings. The first-order valence-electron chi connectivity index (χ1n) is 8.43. The molecule has 5 nitrogen and oxygen atoms in total. The van der Waals surface area contributed by atoms with Crippen LogP contribution in [-0.2, 0) is 0 Å². The number of hydrogen-bond acceptors (Lipinski definition) is 4. The maximum Gasteiger partial charge on any atom is 0.255 e. The zero-order chi connectivity index (χ0) is 18.1. The van der Waals surface area contributed by atoms with Crippen LogP contribution in [0.3, 0.4) is 0 Å². The van der Waals surface area contributed by atoms with Gasteiger partial charge in [-0.2, -0.15) is 5.26 Å². The summed E-state index contributed by atoms with van der Waals surface area (Å²) < 4.78 is 5.85. The number of rotatable bonds is 8. The van der Waals surface area contributed by atoms with Crippen LogP contribution >= 0.6 is 0 Å². The van der Waals surface area contributed by atoms with Gasteiger partial charge in [-0.3, -0.25) is 4.79 Å². The van der Waals surface area contributed by atoms with Crippen molar-refractivity contribution in [2.75, 3.05) is 31.6 Å². The number of likely N-dealkylation sites (N-methyl/N-ethyl adjacent to an activating group) is 1. The average Bonchev–Trinajstić information content (AvgIpc) is 2.66. The van der Waals surface area contributed by atoms with Gasteiger partial charge >= 0.3 is 0 Å². The van der Waals surface area contributed by atoms with E-state index in [2.05, 4.69) is 24.1 Å². The summed E-state index contributed by atoms with van der Waals surface area (Å²) in [5.74, 6) is 0.418. The molecular formula is C20H23N3O2. The number of carbonyl (C=O) groups is 1. The monoisotopic (exact) mass is 337 g/mol. The van der Waals surface area contributed by atoms with Crippen LogP contribution in [0.4, 0.5) is 5.69 Å². The molecule has 0 saturated heterocycles. The summed E-state index contributed by atoms with van der Waals surface area (Å²) in [6.45, 7) is 7.61. The normalized spacial score (nSPS) is 10.3. The number of nitrogens with zero attached hydrogens (tertiary/aromatic N) is 2. The van der Waals surface area contributed by atoms with E-state index in [0.717, 1.165) is 19.6 Å². The van der Waals surface area contributed by atoms with Gasteiger partial charge in [0.1, 0.15) is 12.4 Å². The van der Waals surface area contributed by atoms with E-state index in [4.69, 9.17) is 10.00 Å². The minimum absolute atomic E-state index is 0.232. The Morgan fingerprint density at radius 1 is 1.12 bits per heavy atom. The summed E-state index contributed by atoms with van der Waals surface area (Å²) in [6.07, 6.45) is 0. The third kappa shape index (κ3) is 5.33. The molecule has 2 aromatic rings. The first kappa shape index (κ1) is 18.5. The van der Waals surface area contributed by atoms with Gasteiger partial charge in [0.25, 0.3) is 5.91 Å². The van der Waals surface area contributed by atoms with Crippen molar-refractivity contribution in [3.63, 3.8) is 0 Å². The fraction of sp³-hybridized carbons (Fsp3) is 0.300. The number of nitrogens with one attached hydrogen (secondary N) is 1. The third-order valence-electron chi connectivity index (χ3n) is 3.97. The van der Waals surface area contributed by atoms with Crippen LogP contribution < -0.4 is 10.1 Å². The summed E-state index contributed by atoms with van der Waals surface area (Å²) in [5.41, 5.74) is 1.66. The Hall–Kier alpha value is -2.84. The number of carbonyl (C=O) groups excluding carboxylic acids is 1. The van der Waals surface area contributed by atoms with Crippen LogP contribution in [0, 0.1) is 11.3 Å². The van der Waals surface area contributed by atoms with E-state index >= 15 is 0 Å². The van der Waals surface area contributed by atoms with Crippen LogP contribution in [0.15, 0.2) is 48.5 Å². The molecule has 0 aromatic heterocycles. The van der Waals surface area contributed by atoms with Crippen LogP contribution in [-0.4, -0.2) is 37.0 Å². The van der Waals surface area contributed by atoms with Gasteiger partial charge in [-0.15, -0.1) is 0 Å². The van der Waals surface area contributed by atoms with Gasteiger partial charge < -0.3 is 15.0 Å². The summed E-state index contributed by atoms with van der Waals surface area (Å²) in [4.78, 5) is 14.7. The molecule has 0 unspecified atom stereocenters. The van der Waals surface area contributed by atoms with Gasteiger partial charge in [0, 0.05) is 12.1 Å². The number of hydrogen-bond donors (Lipinski definition) is 1. The lowest BCUT2D eigenvalue weighted by molar-refractivity contribution is 0.102. The van der Waals surface area contributed by atoms with E-state index in [9.17, 15) is 4.79 Å². The second-order valence-corrected chi connectivity index (χ2v) is 5.51. The van der Waals surface area contributed by atoms with Crippen LogP contribution in [0.5, 0.6) is 5.75 Å². The number of ether oxygens (including phenoxy) is 1. The molecule has 2 rings (SSSR count). The molecule has 0 aliphatic heterocycles. The van der Waals surface area contributed by atoms with Gasteiger partial charge in [0.05, 0.1) is 17.3 Å². The molecule has 2 aromatic carbocycles. The minimum Gasteiger partial charge on any atom is -0.490 e. The highest BCUT2D eigenvalue weighted by Gasteiger charge is 2.10. The van der Waals surface area contributed by atoms with Crippen molar-refractivity contribution < 1.29 is 9.53 Å². The van der Waals surface area contributed by atoms with Gasteiger partial charge in [0.2, 0.25) is 0 Å². The van der Waals surface area contributed by atoms with Gasteiger partial charge in [-0.25, -0.2) is 0 Å². The lowest BCUT2D eigenvalue weighted by atomic mass is 10.1. The molecule has 0 aliphatic rings. The smallest absolute Gasteiger partial charge is 0.255 e. The van der Waals surface area contributed by atoms with Crippen molar-refractivity contribution >= 4 is 11.6 Å². The molecule has 5 heteroatoms. The van der Waals surface area contributed by atoms with Crippen molar-refractivity contribution in [3.8, 4) is 11.8 Å². The largest absolute Gasteiger partial charge is 0.490 e. The predicted octanol–water partition coefficient (Wildman–Crippen LogP) is 3.53. The van der Waals surface area contributed by atoms with Gasteiger partial charge in [-0.05, 0) is 49.5 Å². The van der Waals surface area contributed by atoms with Crippen LogP contribution in [0.1, 0.15) is 29.8 Å². The quantitative estimate of drug-likeness (QED) is 0.800. The average molecular weight is 337 g/mol. The number of amides is 1. The summed E-state index contributed by atoms with van der Waals surface area (Å²) in [5, 5.41) is 11.7. The van der Waals surface area contributed by atoms with E-state index in [1.54, 1.807) is 24.3 Å². The van der Waals surface area contributed by atoms with E-state index < -0.39 is 0 Å². The molecule has 0 bridgehead atoms. The molecule has 0 aliphatic carbocycles. The topological polar surface area (TPSA) is 65.4 Å². The Morgan fingerprint density at radius 2 is 1.80 bits per heavy atom. The Kier molecular flexibility index (Phi) is 7.00. The Bertz CT molecular complexity index is 731. The predicted molar refractivity (Wildman–Crippen MR) is 98.8 cm³/mol. The molecule has 1 N–H and O–H groups in total. The Balaban J connectivity index is 2.01. The second-order valence-electron chi connectivity index (χ2n) is 5.51. The standard InChI is InChI=1S/C20H23N3O2/c1-3-23(4-2)13-14-25-19-8-6-5-7-18(19)22-20(24)17-11-9-16(15-21)10-12-17/h5-12H,3-4,13-14H2,1-2H3,(H,22,24). The molecule has 0 heterocycles. The van der Waals surface area contributed by atoms with Gasteiger partial charge in [-0.1, -0.05) is 26.0 Å². The fourth-order valence-electron chi connectivity index (χ4n) is 2.41. The number of para-hydroxylation sites is 2. The fourth-order valence-corrected chi connectivity index (χ4v) is 2.41. The van der Waals surface area contributed by atoms with Crippen LogP contribution in [0.2, 0.25) is 0 Å². The van der Waals surface area contributed by atoms with Crippen molar-refractivity contribution in [2.24, 2.45) is 0 Å². The number of anilines is 1. The van der Waals surface area contributed by atoms with E-state index in [-0.39, 0.29) is 5.91 Å². The molecule has 0 saturated carbocycles. The zero-order valence-electron chi connectivity index (χ0n) is 14.7. The Labute approximate surface area is 148 Å². The van der Waals surface area contributed by atoms with Crippen molar-refractivity contribution in [1.29, 1.82) is 5.26 Å². The molecule has 0 spiro atoms. The number of benzene rings is 2. The third-order valence-corrected chi connectivity index (χ3v) is 3.97. The molecule has 25 heavy (non-hydrogen) atoms. The molecule has 130 valence electrons. The van der Waals surface area contributed by atoms with E-state index in [1.165, 1.54) is 0 Å². The van der Waals surface area contributed by atoms with E-state index in [1.807, 2.05) is 30.3 Å². The highest BCUT2D eigenvalue weighted by molar-refractivity contribution is 6.05. The minimum atomic E-state index is -0.232. The molecule has 0 atom stereocenters. The van der Waals surface area contributed by atoms with Crippen molar-refractivity contribution in [2.45, 2.75) is 13.8 Å². The summed E-state index contributed by atoms with van der Waals surface area (Å²) >= 11 is 0. The zero-order valence-corrected chi connectivity index (χ0v) is 14.7. The molecule has 0 radical (unpaired) electrons. The van der Waals surface area contributed by atoms with Crippen LogP contribution in [0.25, 0.3) is 0 Å². The maximum absolute atomic E-state index is 12.4. The maximum atomic E-state index is 12.4. The lowest BCUT2D eigenvalue weighted by Crippen LogP contribution is -2.28. The first-order chi connectivity index (χ1) is 12.2. The second kappa shape index (κ2) is 9.45. The number of nitriles is 1. The highest BCUT2D eigenvalue weighted by Crippen LogP contribution is 2.24. The highest BCUT2D eigenvalue weighted by atomic mass is 16.5. The molecular weight excluding hydrogens is 314 g/mol.